The molecule has 35 heavy (non-hydrogen) atoms. The highest BCUT2D eigenvalue weighted by Crippen LogP contribution is 2.27. The number of carbonyl (C=O) groups excluding carboxylic acids is 1. The largest absolute Gasteiger partial charge is 0.359 e. The quantitative estimate of drug-likeness (QED) is 0.319. The standard InChI is InChI=1S/C28H21F2N3O2/c29-23-10-8-19(15-24(23)30)17-33-13-3-6-21(28(33)35)26(34)11-9-18-4-1-5-20(14-18)22-16-32-25-7-2-12-31-27(22)25/h1-8,10,12-16,32H,9,11,17H2. The molecule has 0 saturated carbocycles. The van der Waals surface area contributed by atoms with Crippen LogP contribution in [0.5, 0.6) is 0 Å². The fraction of sp³-hybridized carbons (Fsp3) is 0.107. The van der Waals surface area contributed by atoms with E-state index in [0.717, 1.165) is 39.9 Å². The molecular weight excluding hydrogens is 448 g/mol. The van der Waals surface area contributed by atoms with Gasteiger partial charge in [-0.25, -0.2) is 8.78 Å². The minimum absolute atomic E-state index is 0.0395. The van der Waals surface area contributed by atoms with Crippen LogP contribution in [0.15, 0.2) is 90.1 Å². The highest BCUT2D eigenvalue weighted by molar-refractivity contribution is 5.96. The lowest BCUT2D eigenvalue weighted by atomic mass is 9.99. The summed E-state index contributed by atoms with van der Waals surface area (Å²) >= 11 is 0. The van der Waals surface area contributed by atoms with Crippen LogP contribution in [0.2, 0.25) is 0 Å². The SMILES string of the molecule is O=C(CCc1cccc(-c2c[nH]c3cccnc23)c1)c1cccn(Cc2ccc(F)c(F)c2)c1=O. The van der Waals surface area contributed by atoms with Crippen LogP contribution < -0.4 is 5.56 Å². The van der Waals surface area contributed by atoms with Crippen molar-refractivity contribution in [2.75, 3.05) is 0 Å². The molecule has 5 nitrogen and oxygen atoms in total. The molecule has 0 atom stereocenters. The van der Waals surface area contributed by atoms with Gasteiger partial charge in [-0.1, -0.05) is 30.3 Å². The van der Waals surface area contributed by atoms with Gasteiger partial charge in [-0.15, -0.1) is 0 Å². The smallest absolute Gasteiger partial charge is 0.261 e. The molecular formula is C28H21F2N3O2. The minimum atomic E-state index is -0.978. The lowest BCUT2D eigenvalue weighted by Gasteiger charge is -2.09. The van der Waals surface area contributed by atoms with Crippen LogP contribution in [0.4, 0.5) is 8.78 Å². The number of aryl methyl sites for hydroxylation is 1. The Labute approximate surface area is 199 Å². The van der Waals surface area contributed by atoms with E-state index in [1.165, 1.54) is 22.9 Å². The third-order valence-electron chi connectivity index (χ3n) is 5.97. The minimum Gasteiger partial charge on any atom is -0.359 e. The van der Waals surface area contributed by atoms with Gasteiger partial charge in [-0.2, -0.15) is 0 Å². The molecule has 0 bridgehead atoms. The Morgan fingerprint density at radius 3 is 2.69 bits per heavy atom. The highest BCUT2D eigenvalue weighted by atomic mass is 19.2. The second kappa shape index (κ2) is 9.46. The molecule has 0 aliphatic carbocycles. The summed E-state index contributed by atoms with van der Waals surface area (Å²) in [6.45, 7) is 0.0395. The maximum absolute atomic E-state index is 13.5. The average molecular weight is 469 g/mol. The summed E-state index contributed by atoms with van der Waals surface area (Å²) in [6, 6.07) is 18.3. The predicted octanol–water partition coefficient (Wildman–Crippen LogP) is 5.53. The van der Waals surface area contributed by atoms with E-state index in [1.807, 2.05) is 42.6 Å². The van der Waals surface area contributed by atoms with Crippen molar-refractivity contribution >= 4 is 16.8 Å². The first-order valence-corrected chi connectivity index (χ1v) is 11.2. The first kappa shape index (κ1) is 22.4. The Kier molecular flexibility index (Phi) is 6.06. The first-order valence-electron chi connectivity index (χ1n) is 11.2. The monoisotopic (exact) mass is 469 g/mol. The number of halogens is 2. The van der Waals surface area contributed by atoms with E-state index in [1.54, 1.807) is 12.3 Å². The number of rotatable bonds is 7. The summed E-state index contributed by atoms with van der Waals surface area (Å²) in [5.41, 5.74) is 4.83. The van der Waals surface area contributed by atoms with Crippen molar-refractivity contribution in [3.8, 4) is 11.1 Å². The van der Waals surface area contributed by atoms with Crippen LogP contribution in [-0.4, -0.2) is 20.3 Å². The van der Waals surface area contributed by atoms with Crippen molar-refractivity contribution in [2.45, 2.75) is 19.4 Å². The van der Waals surface area contributed by atoms with Crippen molar-refractivity contribution in [1.29, 1.82) is 0 Å². The molecule has 0 amide bonds. The fourth-order valence-corrected chi connectivity index (χ4v) is 4.17. The van der Waals surface area contributed by atoms with Gasteiger partial charge in [-0.05, 0) is 59.5 Å². The number of fused-ring (bicyclic) bond motifs is 1. The number of aromatic amines is 1. The third kappa shape index (κ3) is 4.66. The topological polar surface area (TPSA) is 67.8 Å². The van der Waals surface area contributed by atoms with Crippen molar-refractivity contribution in [3.63, 3.8) is 0 Å². The van der Waals surface area contributed by atoms with Crippen molar-refractivity contribution in [2.24, 2.45) is 0 Å². The first-order chi connectivity index (χ1) is 17.0. The molecule has 174 valence electrons. The number of nitrogens with zero attached hydrogens (tertiary/aromatic N) is 2. The van der Waals surface area contributed by atoms with E-state index < -0.39 is 17.2 Å². The van der Waals surface area contributed by atoms with Crippen LogP contribution >= 0.6 is 0 Å². The van der Waals surface area contributed by atoms with Gasteiger partial charge in [-0.3, -0.25) is 14.6 Å². The van der Waals surface area contributed by atoms with Crippen LogP contribution in [0.3, 0.4) is 0 Å². The molecule has 3 aromatic heterocycles. The van der Waals surface area contributed by atoms with Crippen molar-refractivity contribution in [3.05, 3.63) is 124 Å². The number of benzene rings is 2. The van der Waals surface area contributed by atoms with Gasteiger partial charge >= 0.3 is 0 Å². The normalized spacial score (nSPS) is 11.1. The Morgan fingerprint density at radius 2 is 1.83 bits per heavy atom. The fourth-order valence-electron chi connectivity index (χ4n) is 4.17. The molecule has 7 heteroatoms. The molecule has 0 unspecified atom stereocenters. The van der Waals surface area contributed by atoms with Crippen LogP contribution in [-0.2, 0) is 13.0 Å². The zero-order chi connectivity index (χ0) is 24.4. The van der Waals surface area contributed by atoms with Crippen molar-refractivity contribution in [1.82, 2.24) is 14.5 Å². The molecule has 0 fully saturated rings. The molecule has 0 aliphatic heterocycles. The Morgan fingerprint density at radius 1 is 0.943 bits per heavy atom. The van der Waals surface area contributed by atoms with E-state index >= 15 is 0 Å². The molecule has 3 heterocycles. The number of aromatic nitrogens is 3. The lowest BCUT2D eigenvalue weighted by Crippen LogP contribution is -2.26. The lowest BCUT2D eigenvalue weighted by molar-refractivity contribution is 0.0981. The summed E-state index contributed by atoms with van der Waals surface area (Å²) < 4.78 is 28.0. The van der Waals surface area contributed by atoms with Crippen LogP contribution in [0.25, 0.3) is 22.2 Å². The molecule has 0 spiro atoms. The zero-order valence-electron chi connectivity index (χ0n) is 18.7. The Hall–Kier alpha value is -4.39. The number of H-pyrrole nitrogens is 1. The van der Waals surface area contributed by atoms with Gasteiger partial charge in [0.2, 0.25) is 0 Å². The van der Waals surface area contributed by atoms with Gasteiger partial charge in [0, 0.05) is 30.6 Å². The van der Waals surface area contributed by atoms with Gasteiger partial charge in [0.25, 0.3) is 5.56 Å². The number of carbonyl (C=O) groups is 1. The van der Waals surface area contributed by atoms with Crippen molar-refractivity contribution < 1.29 is 13.6 Å². The maximum atomic E-state index is 13.5. The third-order valence-corrected chi connectivity index (χ3v) is 5.97. The summed E-state index contributed by atoms with van der Waals surface area (Å²) in [7, 11) is 0. The van der Waals surface area contributed by atoms with Crippen LogP contribution in [0, 0.1) is 11.6 Å². The van der Waals surface area contributed by atoms with E-state index in [-0.39, 0.29) is 24.3 Å². The van der Waals surface area contributed by atoms with E-state index in [0.29, 0.717) is 12.0 Å². The molecule has 5 rings (SSSR count). The van der Waals surface area contributed by atoms with Gasteiger partial charge in [0.15, 0.2) is 17.4 Å². The predicted molar refractivity (Wildman–Crippen MR) is 130 cm³/mol. The Balaban J connectivity index is 1.32. The summed E-state index contributed by atoms with van der Waals surface area (Å²) in [6.07, 6.45) is 5.84. The van der Waals surface area contributed by atoms with Crippen LogP contribution in [0.1, 0.15) is 27.9 Å². The highest BCUT2D eigenvalue weighted by Gasteiger charge is 2.14. The molecule has 0 aliphatic rings. The van der Waals surface area contributed by atoms with Gasteiger partial charge in [0.1, 0.15) is 0 Å². The number of ketones is 1. The molecule has 0 saturated heterocycles. The summed E-state index contributed by atoms with van der Waals surface area (Å²) in [4.78, 5) is 33.4. The molecule has 1 N–H and O–H groups in total. The number of pyridine rings is 2. The summed E-state index contributed by atoms with van der Waals surface area (Å²) in [5, 5.41) is 0. The maximum Gasteiger partial charge on any atom is 0.261 e. The number of hydrogen-bond acceptors (Lipinski definition) is 3. The number of Topliss-reactive ketones (excluding diaryl/α,β-unsaturated/α-hetero) is 1. The van der Waals surface area contributed by atoms with E-state index in [2.05, 4.69) is 9.97 Å². The molecule has 2 aromatic carbocycles. The molecule has 0 radical (unpaired) electrons. The van der Waals surface area contributed by atoms with Gasteiger partial charge in [0.05, 0.1) is 23.1 Å². The van der Waals surface area contributed by atoms with E-state index in [9.17, 15) is 18.4 Å². The average Bonchev–Trinajstić information content (AvgIpc) is 3.30. The van der Waals surface area contributed by atoms with Gasteiger partial charge < -0.3 is 9.55 Å². The second-order valence-electron chi connectivity index (χ2n) is 8.33. The Bertz CT molecular complexity index is 1600. The second-order valence-corrected chi connectivity index (χ2v) is 8.33. The number of nitrogens with one attached hydrogen (secondary N) is 1. The zero-order valence-corrected chi connectivity index (χ0v) is 18.7. The molecule has 5 aromatic rings. The number of hydrogen-bond donors (Lipinski definition) is 1. The summed E-state index contributed by atoms with van der Waals surface area (Å²) in [5.74, 6) is -2.20. The van der Waals surface area contributed by atoms with E-state index in [4.69, 9.17) is 0 Å².